The van der Waals surface area contributed by atoms with E-state index in [1.54, 1.807) is 0 Å². The maximum Gasteiger partial charge on any atom is 0.490 e. The van der Waals surface area contributed by atoms with Crippen molar-refractivity contribution in [2.24, 2.45) is 0 Å². The van der Waals surface area contributed by atoms with Crippen LogP contribution < -0.4 is 4.84 Å². The fraction of sp³-hybridized carbons (Fsp3) is 0.267. The highest BCUT2D eigenvalue weighted by molar-refractivity contribution is 5.83. The molecule has 0 aromatic heterocycles. The van der Waals surface area contributed by atoms with E-state index in [0.29, 0.717) is 0 Å². The number of benzene rings is 2. The first-order valence-corrected chi connectivity index (χ1v) is 6.58. The van der Waals surface area contributed by atoms with Gasteiger partial charge in [0.1, 0.15) is 5.75 Å². The van der Waals surface area contributed by atoms with E-state index in [9.17, 15) is 13.2 Å². The highest BCUT2D eigenvalue weighted by Gasteiger charge is 2.38. The van der Waals surface area contributed by atoms with E-state index in [1.165, 1.54) is 17.2 Å². The zero-order valence-corrected chi connectivity index (χ0v) is 11.5. The predicted octanol–water partition coefficient (Wildman–Crippen LogP) is 3.47. The third-order valence-corrected chi connectivity index (χ3v) is 3.01. The summed E-state index contributed by atoms with van der Waals surface area (Å²) in [5, 5.41) is 11.6. The first-order valence-electron chi connectivity index (χ1n) is 6.58. The Morgan fingerprint density at radius 1 is 1.09 bits per heavy atom. The number of fused-ring (bicyclic) bond motifs is 1. The Kier molecular flexibility index (Phi) is 4.87. The maximum absolute atomic E-state index is 10.6. The van der Waals surface area contributed by atoms with E-state index in [-0.39, 0.29) is 0 Å². The fourth-order valence-corrected chi connectivity index (χ4v) is 1.75. The van der Waals surface area contributed by atoms with Crippen LogP contribution in [0.2, 0.25) is 0 Å². The summed E-state index contributed by atoms with van der Waals surface area (Å²) >= 11 is 0. The molecule has 0 unspecified atom stereocenters. The van der Waals surface area contributed by atoms with Gasteiger partial charge in [0.15, 0.2) is 0 Å². The van der Waals surface area contributed by atoms with Gasteiger partial charge in [-0.05, 0) is 29.3 Å². The van der Waals surface area contributed by atoms with Crippen LogP contribution in [0, 0.1) is 0 Å². The molecule has 0 amide bonds. The van der Waals surface area contributed by atoms with Crippen molar-refractivity contribution >= 4 is 16.7 Å². The van der Waals surface area contributed by atoms with Crippen molar-refractivity contribution in [1.82, 2.24) is 5.06 Å². The van der Waals surface area contributed by atoms with Crippen molar-refractivity contribution in [3.05, 3.63) is 42.5 Å². The van der Waals surface area contributed by atoms with Crippen LogP contribution in [0.4, 0.5) is 13.2 Å². The lowest BCUT2D eigenvalue weighted by Crippen LogP contribution is -2.39. The second-order valence-corrected chi connectivity index (χ2v) is 4.69. The first kappa shape index (κ1) is 16.1. The highest BCUT2D eigenvalue weighted by atomic mass is 19.4. The van der Waals surface area contributed by atoms with Gasteiger partial charge < -0.3 is 9.94 Å². The Bertz CT molecular complexity index is 654. The minimum Gasteiger partial charge on any atom is -0.475 e. The number of hydroxylamine groups is 2. The number of carboxylic acids is 1. The van der Waals surface area contributed by atoms with E-state index in [0.717, 1.165) is 18.8 Å². The summed E-state index contributed by atoms with van der Waals surface area (Å²) in [4.78, 5) is 14.6. The number of hydrogen-bond acceptors (Lipinski definition) is 3. The van der Waals surface area contributed by atoms with Crippen molar-refractivity contribution in [2.45, 2.75) is 12.6 Å². The summed E-state index contributed by atoms with van der Waals surface area (Å²) in [5.74, 6) is -1.82. The summed E-state index contributed by atoms with van der Waals surface area (Å²) in [7, 11) is 0. The molecule has 2 aromatic carbocycles. The molecule has 118 valence electrons. The predicted molar refractivity (Wildman–Crippen MR) is 74.5 cm³/mol. The van der Waals surface area contributed by atoms with Gasteiger partial charge in [-0.15, -0.1) is 5.06 Å². The second-order valence-electron chi connectivity index (χ2n) is 4.69. The molecule has 1 fully saturated rings. The molecule has 4 nitrogen and oxygen atoms in total. The summed E-state index contributed by atoms with van der Waals surface area (Å²) < 4.78 is 31.7. The number of carboxylic acid groups (broad SMARTS) is 1. The van der Waals surface area contributed by atoms with Crippen LogP contribution >= 0.6 is 0 Å². The van der Waals surface area contributed by atoms with Gasteiger partial charge in [0.05, 0.1) is 0 Å². The molecular formula is C15H14F3NO3. The number of rotatable bonds is 2. The average Bonchev–Trinajstić information content (AvgIpc) is 2.42. The number of alkyl halides is 3. The molecule has 22 heavy (non-hydrogen) atoms. The molecule has 0 aliphatic carbocycles. The molecule has 0 atom stereocenters. The minimum absolute atomic E-state index is 0.938. The van der Waals surface area contributed by atoms with Crippen LogP contribution in [-0.4, -0.2) is 35.4 Å². The van der Waals surface area contributed by atoms with Gasteiger partial charge in [-0.1, -0.05) is 30.3 Å². The standard InChI is InChI=1S/C13H13NO.C2HF3O2/c1-2-5-12-10-13(7-6-11(12)4-1)15-14-8-3-9-14;3-2(4,5)1(6)7/h1-2,4-7,10H,3,8-9H2;(H,6,7). The SMILES string of the molecule is O=C(O)C(F)(F)F.c1ccc2cc(ON3CCC3)ccc2c1. The smallest absolute Gasteiger partial charge is 0.475 e. The summed E-state index contributed by atoms with van der Waals surface area (Å²) in [5.41, 5.74) is 0. The van der Waals surface area contributed by atoms with Crippen LogP contribution in [0.25, 0.3) is 10.8 Å². The van der Waals surface area contributed by atoms with Crippen LogP contribution in [-0.2, 0) is 4.79 Å². The van der Waals surface area contributed by atoms with Crippen molar-refractivity contribution in [3.63, 3.8) is 0 Å². The van der Waals surface area contributed by atoms with Gasteiger partial charge in [0, 0.05) is 13.1 Å². The minimum atomic E-state index is -5.08. The fourth-order valence-electron chi connectivity index (χ4n) is 1.75. The Hall–Kier alpha value is -2.28. The van der Waals surface area contributed by atoms with Gasteiger partial charge in [0.25, 0.3) is 0 Å². The summed E-state index contributed by atoms with van der Waals surface area (Å²) in [6.07, 6.45) is -3.84. The number of hydrogen-bond donors (Lipinski definition) is 1. The number of aliphatic carboxylic acids is 1. The zero-order valence-electron chi connectivity index (χ0n) is 11.5. The molecule has 0 saturated carbocycles. The van der Waals surface area contributed by atoms with Gasteiger partial charge in [0.2, 0.25) is 0 Å². The van der Waals surface area contributed by atoms with E-state index < -0.39 is 12.1 Å². The monoisotopic (exact) mass is 313 g/mol. The van der Waals surface area contributed by atoms with Crippen LogP contribution in [0.15, 0.2) is 42.5 Å². The van der Waals surface area contributed by atoms with Gasteiger partial charge in [-0.2, -0.15) is 13.2 Å². The van der Waals surface area contributed by atoms with Gasteiger partial charge in [-0.3, -0.25) is 0 Å². The maximum atomic E-state index is 10.6. The molecule has 3 rings (SSSR count). The number of carbonyl (C=O) groups is 1. The molecule has 0 bridgehead atoms. The van der Waals surface area contributed by atoms with E-state index in [4.69, 9.17) is 14.7 Å². The third kappa shape index (κ3) is 4.36. The quantitative estimate of drug-likeness (QED) is 0.922. The van der Waals surface area contributed by atoms with Crippen LogP contribution in [0.1, 0.15) is 6.42 Å². The third-order valence-electron chi connectivity index (χ3n) is 3.01. The largest absolute Gasteiger partial charge is 0.490 e. The molecule has 0 radical (unpaired) electrons. The Morgan fingerprint density at radius 2 is 1.68 bits per heavy atom. The summed E-state index contributed by atoms with van der Waals surface area (Å²) in [6.45, 7) is 2.10. The number of halogens is 3. The molecular weight excluding hydrogens is 299 g/mol. The topological polar surface area (TPSA) is 49.8 Å². The molecule has 1 saturated heterocycles. The van der Waals surface area contributed by atoms with Crippen LogP contribution in [0.5, 0.6) is 5.75 Å². The Balaban J connectivity index is 0.000000217. The summed E-state index contributed by atoms with van der Waals surface area (Å²) in [6, 6.07) is 14.5. The highest BCUT2D eigenvalue weighted by Crippen LogP contribution is 2.22. The Labute approximate surface area is 124 Å². The number of nitrogens with zero attached hydrogens (tertiary/aromatic N) is 1. The van der Waals surface area contributed by atoms with Crippen molar-refractivity contribution in [2.75, 3.05) is 13.1 Å². The van der Waals surface area contributed by atoms with E-state index in [2.05, 4.69) is 36.4 Å². The lowest BCUT2D eigenvalue weighted by Gasteiger charge is -2.29. The lowest BCUT2D eigenvalue weighted by atomic mass is 10.1. The normalized spacial score (nSPS) is 14.7. The molecule has 1 N–H and O–H groups in total. The zero-order chi connectivity index (χ0) is 16.2. The van der Waals surface area contributed by atoms with E-state index in [1.807, 2.05) is 11.1 Å². The van der Waals surface area contributed by atoms with Crippen LogP contribution in [0.3, 0.4) is 0 Å². The Morgan fingerprint density at radius 3 is 2.18 bits per heavy atom. The van der Waals surface area contributed by atoms with Crippen molar-refractivity contribution < 1.29 is 27.9 Å². The molecule has 7 heteroatoms. The van der Waals surface area contributed by atoms with Crippen molar-refractivity contribution in [1.29, 1.82) is 0 Å². The average molecular weight is 313 g/mol. The van der Waals surface area contributed by atoms with E-state index >= 15 is 0 Å². The molecule has 2 aromatic rings. The molecule has 1 aliphatic rings. The van der Waals surface area contributed by atoms with Gasteiger partial charge >= 0.3 is 12.1 Å². The molecule has 0 spiro atoms. The second kappa shape index (κ2) is 6.65. The first-order chi connectivity index (χ1) is 10.4. The molecule has 1 heterocycles. The van der Waals surface area contributed by atoms with Crippen molar-refractivity contribution in [3.8, 4) is 5.75 Å². The van der Waals surface area contributed by atoms with Gasteiger partial charge in [-0.25, -0.2) is 4.79 Å². The lowest BCUT2D eigenvalue weighted by molar-refractivity contribution is -0.192. The molecule has 1 aliphatic heterocycles.